The topological polar surface area (TPSA) is 24.9 Å². The number of halogens is 1. The van der Waals surface area contributed by atoms with Gasteiger partial charge in [0.05, 0.1) is 0 Å². The predicted molar refractivity (Wildman–Crippen MR) is 73.8 cm³/mol. The molecule has 0 spiro atoms. The maximum Gasteiger partial charge on any atom is 0.109 e. The molecule has 2 nitrogen and oxygen atoms in total. The molecule has 1 aliphatic carbocycles. The van der Waals surface area contributed by atoms with E-state index in [1.54, 1.807) is 0 Å². The lowest BCUT2D eigenvalue weighted by Crippen LogP contribution is -2.29. The first-order valence-electron chi connectivity index (χ1n) is 6.29. The first-order chi connectivity index (χ1) is 8.24. The van der Waals surface area contributed by atoms with Crippen LogP contribution in [0.3, 0.4) is 0 Å². The third-order valence-corrected chi connectivity index (χ3v) is 4.81. The Bertz CT molecular complexity index is 467. The van der Waals surface area contributed by atoms with Gasteiger partial charge in [0.2, 0.25) is 0 Å². The summed E-state index contributed by atoms with van der Waals surface area (Å²) in [6.07, 6.45) is 8.12. The molecular weight excluding hydrogens is 276 g/mol. The van der Waals surface area contributed by atoms with Crippen LogP contribution in [0.15, 0.2) is 22.9 Å². The van der Waals surface area contributed by atoms with E-state index in [1.165, 1.54) is 36.1 Å². The maximum atomic E-state index is 4.39. The van der Waals surface area contributed by atoms with Crippen LogP contribution in [0.1, 0.15) is 30.4 Å². The number of nitrogens with zero attached hydrogens (tertiary/aromatic N) is 1. The highest BCUT2D eigenvalue weighted by Gasteiger charge is 2.30. The Hall–Kier alpha value is -0.670. The Labute approximate surface area is 111 Å². The van der Waals surface area contributed by atoms with Gasteiger partial charge in [-0.3, -0.25) is 0 Å². The second kappa shape index (κ2) is 4.54. The van der Waals surface area contributed by atoms with Gasteiger partial charge in [0.25, 0.3) is 0 Å². The zero-order chi connectivity index (χ0) is 11.8. The maximum absolute atomic E-state index is 4.39. The van der Waals surface area contributed by atoms with E-state index < -0.39 is 0 Å². The zero-order valence-corrected chi connectivity index (χ0v) is 11.6. The summed E-state index contributed by atoms with van der Waals surface area (Å²) in [6.45, 7) is 3.29. The molecular formula is C14H17BrN2. The van der Waals surface area contributed by atoms with Gasteiger partial charge in [-0.2, -0.15) is 0 Å². The SMILES string of the molecule is Cc1cc(C2=CC[C@H]3CCN[C@H]3C2)cnc1Br. The zero-order valence-electron chi connectivity index (χ0n) is 10.0. The minimum Gasteiger partial charge on any atom is -0.313 e. The van der Waals surface area contributed by atoms with Crippen molar-refractivity contribution in [2.24, 2.45) is 5.92 Å². The third-order valence-electron chi connectivity index (χ3n) is 3.98. The lowest BCUT2D eigenvalue weighted by atomic mass is 9.83. The largest absolute Gasteiger partial charge is 0.313 e. The number of fused-ring (bicyclic) bond motifs is 1. The summed E-state index contributed by atoms with van der Waals surface area (Å²) in [5, 5.41) is 3.61. The number of aromatic nitrogens is 1. The second-order valence-electron chi connectivity index (χ2n) is 5.11. The summed E-state index contributed by atoms with van der Waals surface area (Å²) >= 11 is 3.46. The van der Waals surface area contributed by atoms with Crippen LogP contribution in [0.5, 0.6) is 0 Å². The summed E-state index contributed by atoms with van der Waals surface area (Å²) in [4.78, 5) is 4.39. The van der Waals surface area contributed by atoms with Crippen molar-refractivity contribution >= 4 is 21.5 Å². The highest BCUT2D eigenvalue weighted by atomic mass is 79.9. The van der Waals surface area contributed by atoms with E-state index in [0.717, 1.165) is 16.9 Å². The molecule has 0 radical (unpaired) electrons. The molecule has 90 valence electrons. The molecule has 17 heavy (non-hydrogen) atoms. The van der Waals surface area contributed by atoms with Gasteiger partial charge >= 0.3 is 0 Å². The molecule has 1 fully saturated rings. The minimum atomic E-state index is 0.693. The molecule has 0 bridgehead atoms. The van der Waals surface area contributed by atoms with Crippen LogP contribution in [-0.4, -0.2) is 17.6 Å². The summed E-state index contributed by atoms with van der Waals surface area (Å²) in [5.74, 6) is 0.864. The average Bonchev–Trinajstić information content (AvgIpc) is 2.79. The fourth-order valence-electron chi connectivity index (χ4n) is 2.93. The third kappa shape index (κ3) is 2.18. The van der Waals surface area contributed by atoms with Crippen molar-refractivity contribution < 1.29 is 0 Å². The molecule has 2 aliphatic rings. The number of allylic oxidation sites excluding steroid dienone is 1. The first kappa shape index (κ1) is 11.4. The molecule has 1 N–H and O–H groups in total. The van der Waals surface area contributed by atoms with E-state index in [0.29, 0.717) is 6.04 Å². The van der Waals surface area contributed by atoms with Crippen molar-refractivity contribution in [1.29, 1.82) is 0 Å². The van der Waals surface area contributed by atoms with Crippen LogP contribution in [0.4, 0.5) is 0 Å². The monoisotopic (exact) mass is 292 g/mol. The molecule has 3 heteroatoms. The van der Waals surface area contributed by atoms with Crippen LogP contribution in [-0.2, 0) is 0 Å². The highest BCUT2D eigenvalue weighted by Crippen LogP contribution is 2.34. The number of pyridine rings is 1. The number of nitrogens with one attached hydrogen (secondary N) is 1. The van der Waals surface area contributed by atoms with Gasteiger partial charge in [0, 0.05) is 12.2 Å². The first-order valence-corrected chi connectivity index (χ1v) is 7.08. The summed E-state index contributed by atoms with van der Waals surface area (Å²) in [6, 6.07) is 2.93. The van der Waals surface area contributed by atoms with Gasteiger partial charge in [0.15, 0.2) is 0 Å². The number of hydrogen-bond acceptors (Lipinski definition) is 2. The van der Waals surface area contributed by atoms with Crippen molar-refractivity contribution in [3.05, 3.63) is 34.1 Å². The molecule has 0 unspecified atom stereocenters. The van der Waals surface area contributed by atoms with Gasteiger partial charge in [-0.05, 0) is 77.3 Å². The lowest BCUT2D eigenvalue weighted by molar-refractivity contribution is 0.445. The van der Waals surface area contributed by atoms with E-state index in [2.05, 4.69) is 45.3 Å². The Balaban J connectivity index is 1.86. The van der Waals surface area contributed by atoms with Crippen LogP contribution < -0.4 is 5.32 Å². The van der Waals surface area contributed by atoms with Crippen molar-refractivity contribution in [3.8, 4) is 0 Å². The van der Waals surface area contributed by atoms with Crippen molar-refractivity contribution in [2.45, 2.75) is 32.2 Å². The van der Waals surface area contributed by atoms with Gasteiger partial charge < -0.3 is 5.32 Å². The smallest absolute Gasteiger partial charge is 0.109 e. The lowest BCUT2D eigenvalue weighted by Gasteiger charge is -2.25. The molecule has 1 saturated heterocycles. The second-order valence-corrected chi connectivity index (χ2v) is 5.86. The minimum absolute atomic E-state index is 0.693. The predicted octanol–water partition coefficient (Wildman–Crippen LogP) is 3.31. The fourth-order valence-corrected chi connectivity index (χ4v) is 3.14. The van der Waals surface area contributed by atoms with Crippen LogP contribution in [0.25, 0.3) is 5.57 Å². The van der Waals surface area contributed by atoms with E-state index >= 15 is 0 Å². The molecule has 1 aromatic rings. The Morgan fingerprint density at radius 1 is 1.47 bits per heavy atom. The molecule has 0 amide bonds. The van der Waals surface area contributed by atoms with E-state index in [9.17, 15) is 0 Å². The number of rotatable bonds is 1. The molecule has 1 aromatic heterocycles. The van der Waals surface area contributed by atoms with Gasteiger partial charge in [-0.15, -0.1) is 0 Å². The van der Waals surface area contributed by atoms with E-state index in [-0.39, 0.29) is 0 Å². The number of hydrogen-bond donors (Lipinski definition) is 1. The molecule has 0 saturated carbocycles. The Morgan fingerprint density at radius 3 is 3.18 bits per heavy atom. The normalized spacial score (nSPS) is 27.8. The average molecular weight is 293 g/mol. The van der Waals surface area contributed by atoms with E-state index in [4.69, 9.17) is 0 Å². The quantitative estimate of drug-likeness (QED) is 0.804. The molecule has 1 aliphatic heterocycles. The van der Waals surface area contributed by atoms with Crippen LogP contribution >= 0.6 is 15.9 Å². The number of aryl methyl sites for hydroxylation is 1. The highest BCUT2D eigenvalue weighted by molar-refractivity contribution is 9.10. The van der Waals surface area contributed by atoms with Gasteiger partial charge in [0.1, 0.15) is 4.60 Å². The van der Waals surface area contributed by atoms with Crippen LogP contribution in [0.2, 0.25) is 0 Å². The van der Waals surface area contributed by atoms with Crippen molar-refractivity contribution in [1.82, 2.24) is 10.3 Å². The molecule has 0 aromatic carbocycles. The van der Waals surface area contributed by atoms with Gasteiger partial charge in [-0.25, -0.2) is 4.98 Å². The summed E-state index contributed by atoms with van der Waals surface area (Å²) in [7, 11) is 0. The van der Waals surface area contributed by atoms with Gasteiger partial charge in [-0.1, -0.05) is 6.08 Å². The van der Waals surface area contributed by atoms with Crippen molar-refractivity contribution in [2.75, 3.05) is 6.54 Å². The summed E-state index contributed by atoms with van der Waals surface area (Å²) < 4.78 is 0.953. The standard InChI is InChI=1S/C14H17BrN2/c1-9-6-12(8-17-14(9)15)11-3-2-10-4-5-16-13(10)7-11/h3,6,8,10,13,16H,2,4-5,7H2,1H3/t10-,13-/m0/s1. The fraction of sp³-hybridized carbons (Fsp3) is 0.500. The summed E-state index contributed by atoms with van der Waals surface area (Å²) in [5.41, 5.74) is 3.96. The van der Waals surface area contributed by atoms with E-state index in [1.807, 2.05) is 6.20 Å². The van der Waals surface area contributed by atoms with Crippen molar-refractivity contribution in [3.63, 3.8) is 0 Å². The Morgan fingerprint density at radius 2 is 2.35 bits per heavy atom. The molecule has 2 atom stereocenters. The van der Waals surface area contributed by atoms with Crippen LogP contribution in [0, 0.1) is 12.8 Å². The molecule has 3 rings (SSSR count). The molecule has 2 heterocycles. The Kier molecular flexibility index (Phi) is 3.05.